The van der Waals surface area contributed by atoms with Crippen LogP contribution in [0.3, 0.4) is 0 Å². The zero-order valence-electron chi connectivity index (χ0n) is 25.9. The second-order valence-corrected chi connectivity index (χ2v) is 18.1. The number of methoxy groups -OCH3 is 1. The molecule has 9 heteroatoms. The van der Waals surface area contributed by atoms with Crippen LogP contribution in [-0.4, -0.2) is 57.2 Å². The maximum atomic E-state index is 13.5. The van der Waals surface area contributed by atoms with Gasteiger partial charge in [-0.25, -0.2) is 9.59 Å². The monoisotopic (exact) mass is 622 g/mol. The van der Waals surface area contributed by atoms with Gasteiger partial charge in [0.15, 0.2) is 20.5 Å². The normalized spacial score (nSPS) is 22.5. The molecular formula is C34H42O7SSi. The first-order chi connectivity index (χ1) is 20.4. The Kier molecular flexibility index (Phi) is 10.9. The van der Waals surface area contributed by atoms with Crippen LogP contribution in [-0.2, 0) is 34.8 Å². The number of benzene rings is 3. The van der Waals surface area contributed by atoms with Gasteiger partial charge < -0.3 is 23.4 Å². The number of carbonyl (C=O) groups is 2. The lowest BCUT2D eigenvalue weighted by molar-refractivity contribution is -0.220. The van der Waals surface area contributed by atoms with Gasteiger partial charge in [-0.15, -0.1) is 0 Å². The van der Waals surface area contributed by atoms with E-state index in [1.807, 2.05) is 67.6 Å². The fraction of sp³-hybridized carbons (Fsp3) is 0.412. The van der Waals surface area contributed by atoms with Crippen LogP contribution in [0.2, 0.25) is 18.1 Å². The third-order valence-corrected chi connectivity index (χ3v) is 13.6. The van der Waals surface area contributed by atoms with Gasteiger partial charge in [0, 0.05) is 4.90 Å². The van der Waals surface area contributed by atoms with E-state index in [4.69, 9.17) is 23.4 Å². The van der Waals surface area contributed by atoms with Crippen LogP contribution in [0.15, 0.2) is 89.8 Å². The van der Waals surface area contributed by atoms with Gasteiger partial charge >= 0.3 is 11.9 Å². The third-order valence-electron chi connectivity index (χ3n) is 7.98. The minimum Gasteiger partial charge on any atom is -0.467 e. The molecule has 0 spiro atoms. The maximum absolute atomic E-state index is 13.5. The highest BCUT2D eigenvalue weighted by Crippen LogP contribution is 2.43. The molecule has 0 aromatic heterocycles. The minimum absolute atomic E-state index is 0.179. The van der Waals surface area contributed by atoms with Crippen molar-refractivity contribution in [2.75, 3.05) is 7.11 Å². The van der Waals surface area contributed by atoms with E-state index >= 15 is 0 Å². The standard InChI is InChI=1S/C34H42O7SSi/c1-23-18-20-26(21-19-23)42-33-30(39-31(35)25-16-12-9-13-17-25)27(38-22-24-14-10-8-11-15-24)28(29(40-33)32(36)37-5)41-43(6,7)34(2,3)4/h8-21,27-30,33H,22H2,1-7H3/t27-,28-,29+,30+,33?/m0/s1. The van der Waals surface area contributed by atoms with E-state index < -0.39 is 50.1 Å². The molecule has 0 saturated carbocycles. The molecule has 230 valence electrons. The van der Waals surface area contributed by atoms with E-state index in [1.54, 1.807) is 24.3 Å². The Labute approximate surface area is 260 Å². The van der Waals surface area contributed by atoms with Crippen molar-refractivity contribution in [3.05, 3.63) is 102 Å². The van der Waals surface area contributed by atoms with Gasteiger partial charge in [-0.05, 0) is 54.9 Å². The predicted octanol–water partition coefficient (Wildman–Crippen LogP) is 7.19. The summed E-state index contributed by atoms with van der Waals surface area (Å²) in [7, 11) is -1.16. The molecule has 4 rings (SSSR count). The van der Waals surface area contributed by atoms with E-state index in [1.165, 1.54) is 18.9 Å². The van der Waals surface area contributed by atoms with Gasteiger partial charge in [0.1, 0.15) is 17.6 Å². The molecule has 5 atom stereocenters. The highest BCUT2D eigenvalue weighted by atomic mass is 32.2. The Morgan fingerprint density at radius 1 is 0.860 bits per heavy atom. The average Bonchev–Trinajstić information content (AvgIpc) is 2.98. The minimum atomic E-state index is -2.49. The fourth-order valence-corrected chi connectivity index (χ4v) is 6.83. The Morgan fingerprint density at radius 3 is 2.05 bits per heavy atom. The largest absolute Gasteiger partial charge is 0.467 e. The van der Waals surface area contributed by atoms with Crippen LogP contribution >= 0.6 is 11.8 Å². The Bertz CT molecular complexity index is 1340. The molecule has 0 radical (unpaired) electrons. The molecule has 0 N–H and O–H groups in total. The van der Waals surface area contributed by atoms with E-state index in [2.05, 4.69) is 33.9 Å². The number of carbonyl (C=O) groups excluding carboxylic acids is 2. The summed E-state index contributed by atoms with van der Waals surface area (Å²) in [4.78, 5) is 27.8. The van der Waals surface area contributed by atoms with Crippen LogP contribution in [0.4, 0.5) is 0 Å². The number of thioether (sulfide) groups is 1. The number of hydrogen-bond donors (Lipinski definition) is 0. The van der Waals surface area contributed by atoms with Crippen molar-refractivity contribution in [1.82, 2.24) is 0 Å². The average molecular weight is 623 g/mol. The smallest absolute Gasteiger partial charge is 0.338 e. The van der Waals surface area contributed by atoms with E-state index in [9.17, 15) is 9.59 Å². The topological polar surface area (TPSA) is 80.3 Å². The molecule has 1 aliphatic heterocycles. The molecule has 0 amide bonds. The van der Waals surface area contributed by atoms with Crippen molar-refractivity contribution in [3.8, 4) is 0 Å². The summed E-state index contributed by atoms with van der Waals surface area (Å²) in [5.74, 6) is -1.08. The molecule has 43 heavy (non-hydrogen) atoms. The molecule has 3 aromatic rings. The highest BCUT2D eigenvalue weighted by molar-refractivity contribution is 7.99. The molecule has 0 bridgehead atoms. The van der Waals surface area contributed by atoms with Crippen LogP contribution in [0.1, 0.15) is 42.3 Å². The molecule has 1 heterocycles. The Morgan fingerprint density at radius 2 is 1.47 bits per heavy atom. The molecule has 1 unspecified atom stereocenters. The quantitative estimate of drug-likeness (QED) is 0.174. The lowest BCUT2D eigenvalue weighted by Gasteiger charge is -2.48. The summed E-state index contributed by atoms with van der Waals surface area (Å²) in [6.45, 7) is 12.8. The lowest BCUT2D eigenvalue weighted by atomic mass is 9.99. The van der Waals surface area contributed by atoms with Crippen LogP contribution < -0.4 is 0 Å². The molecule has 7 nitrogen and oxygen atoms in total. The van der Waals surface area contributed by atoms with Crippen LogP contribution in [0, 0.1) is 6.92 Å². The summed E-state index contributed by atoms with van der Waals surface area (Å²) >= 11 is 1.37. The van der Waals surface area contributed by atoms with Crippen molar-refractivity contribution in [3.63, 3.8) is 0 Å². The van der Waals surface area contributed by atoms with Crippen molar-refractivity contribution in [1.29, 1.82) is 0 Å². The van der Waals surface area contributed by atoms with Crippen molar-refractivity contribution >= 4 is 32.0 Å². The van der Waals surface area contributed by atoms with Crippen molar-refractivity contribution in [2.24, 2.45) is 0 Å². The van der Waals surface area contributed by atoms with Crippen molar-refractivity contribution in [2.45, 2.75) is 87.2 Å². The van der Waals surface area contributed by atoms with Crippen LogP contribution in [0.25, 0.3) is 0 Å². The summed E-state index contributed by atoms with van der Waals surface area (Å²) in [5.41, 5.74) is 1.66. The summed E-state index contributed by atoms with van der Waals surface area (Å²) in [6, 6.07) is 26.5. The number of ether oxygens (including phenoxy) is 4. The van der Waals surface area contributed by atoms with Gasteiger partial charge in [-0.1, -0.05) is 98.8 Å². The van der Waals surface area contributed by atoms with Crippen molar-refractivity contribution < 1.29 is 33.0 Å². The molecular weight excluding hydrogens is 581 g/mol. The summed E-state index contributed by atoms with van der Waals surface area (Å²) in [6.07, 6.45) is -3.75. The highest BCUT2D eigenvalue weighted by Gasteiger charge is 2.55. The van der Waals surface area contributed by atoms with Gasteiger partial charge in [0.2, 0.25) is 0 Å². The summed E-state index contributed by atoms with van der Waals surface area (Å²) in [5, 5.41) is -0.179. The van der Waals surface area contributed by atoms with Gasteiger partial charge in [0.05, 0.1) is 19.3 Å². The fourth-order valence-electron chi connectivity index (χ4n) is 4.46. The van der Waals surface area contributed by atoms with E-state index in [0.717, 1.165) is 16.0 Å². The Hall–Kier alpha value is -2.95. The third kappa shape index (κ3) is 8.36. The van der Waals surface area contributed by atoms with E-state index in [0.29, 0.717) is 5.56 Å². The lowest BCUT2D eigenvalue weighted by Crippen LogP contribution is -2.64. The zero-order chi connectivity index (χ0) is 31.2. The number of esters is 2. The maximum Gasteiger partial charge on any atom is 0.338 e. The molecule has 3 aromatic carbocycles. The SMILES string of the molecule is COC(=O)[C@@H]1OC(Sc2ccc(C)cc2)[C@H](OC(=O)c2ccccc2)[C@@H](OCc2ccccc2)[C@@H]1O[Si](C)(C)C(C)(C)C. The molecule has 1 saturated heterocycles. The number of rotatable bonds is 10. The predicted molar refractivity (Wildman–Crippen MR) is 170 cm³/mol. The first-order valence-corrected chi connectivity index (χ1v) is 18.2. The second kappa shape index (κ2) is 14.2. The van der Waals surface area contributed by atoms with E-state index in [-0.39, 0.29) is 11.6 Å². The first kappa shape index (κ1) is 33.0. The van der Waals surface area contributed by atoms with Gasteiger partial charge in [-0.3, -0.25) is 0 Å². The first-order valence-electron chi connectivity index (χ1n) is 14.5. The van der Waals surface area contributed by atoms with Gasteiger partial charge in [0.25, 0.3) is 0 Å². The molecule has 1 aliphatic rings. The summed E-state index contributed by atoms with van der Waals surface area (Å²) < 4.78 is 31.5. The second-order valence-electron chi connectivity index (χ2n) is 12.2. The number of hydrogen-bond acceptors (Lipinski definition) is 8. The molecule has 1 fully saturated rings. The van der Waals surface area contributed by atoms with Crippen LogP contribution in [0.5, 0.6) is 0 Å². The zero-order valence-corrected chi connectivity index (χ0v) is 27.8. The molecule has 0 aliphatic carbocycles. The van der Waals surface area contributed by atoms with Gasteiger partial charge in [-0.2, -0.15) is 0 Å². The Balaban J connectivity index is 1.80. The number of aryl methyl sites for hydroxylation is 1.